The van der Waals surface area contributed by atoms with Crippen LogP contribution in [-0.4, -0.2) is 31.5 Å². The number of benzene rings is 1. The van der Waals surface area contributed by atoms with Gasteiger partial charge in [-0.05, 0) is 37.6 Å². The molecule has 0 saturated heterocycles. The zero-order chi connectivity index (χ0) is 18.5. The van der Waals surface area contributed by atoms with Crippen LogP contribution in [0.15, 0.2) is 40.0 Å². The van der Waals surface area contributed by atoms with E-state index in [0.717, 1.165) is 5.56 Å². The van der Waals surface area contributed by atoms with E-state index in [0.29, 0.717) is 22.6 Å². The molecule has 9 heteroatoms. The number of aromatic nitrogens is 4. The fourth-order valence-corrected chi connectivity index (χ4v) is 2.73. The molecular weight excluding hydrogens is 357 g/mol. The van der Waals surface area contributed by atoms with Crippen molar-refractivity contribution >= 4 is 35.6 Å². The topological polar surface area (TPSA) is 96.7 Å². The number of nitrogens with zero attached hydrogens (tertiary/aromatic N) is 3. The first-order valence-electron chi connectivity index (χ1n) is 7.76. The van der Waals surface area contributed by atoms with Gasteiger partial charge in [-0.15, -0.1) is 5.10 Å². The fraction of sp³-hybridized carbons (Fsp3) is 0.176. The summed E-state index contributed by atoms with van der Waals surface area (Å²) in [7, 11) is 0. The third-order valence-electron chi connectivity index (χ3n) is 3.32. The van der Waals surface area contributed by atoms with Crippen molar-refractivity contribution in [3.05, 3.63) is 53.3 Å². The van der Waals surface area contributed by atoms with E-state index in [1.165, 1.54) is 23.9 Å². The number of nitrogens with one attached hydrogen (secondary N) is 2. The number of aromatic amines is 1. The summed E-state index contributed by atoms with van der Waals surface area (Å²) < 4.78 is 17.8. The average molecular weight is 373 g/mol. The van der Waals surface area contributed by atoms with Crippen LogP contribution in [0.3, 0.4) is 0 Å². The number of amides is 1. The Balaban J connectivity index is 1.57. The molecule has 2 N–H and O–H groups in total. The summed E-state index contributed by atoms with van der Waals surface area (Å²) in [5, 5.41) is 13.3. The third kappa shape index (κ3) is 4.79. The van der Waals surface area contributed by atoms with Gasteiger partial charge in [0.15, 0.2) is 5.82 Å². The molecule has 2 heterocycles. The maximum atomic E-state index is 12.9. The molecule has 1 atom stereocenters. The molecule has 3 rings (SSSR count). The Hall–Kier alpha value is -2.94. The van der Waals surface area contributed by atoms with E-state index in [9.17, 15) is 9.18 Å². The number of rotatable bonds is 6. The molecule has 1 aromatic carbocycles. The Labute approximate surface area is 153 Å². The normalized spacial score (nSPS) is 12.4. The second-order valence-corrected chi connectivity index (χ2v) is 6.77. The molecule has 0 bridgehead atoms. The number of anilines is 1. The van der Waals surface area contributed by atoms with Crippen molar-refractivity contribution in [1.82, 2.24) is 20.3 Å². The summed E-state index contributed by atoms with van der Waals surface area (Å²) in [6.45, 7) is 3.49. The Morgan fingerprint density at radius 3 is 2.81 bits per heavy atom. The Kier molecular flexibility index (Phi) is 5.47. The molecule has 0 aliphatic rings. The minimum Gasteiger partial charge on any atom is -0.360 e. The summed E-state index contributed by atoms with van der Waals surface area (Å²) in [6, 6.07) is 7.74. The fourth-order valence-electron chi connectivity index (χ4n) is 2.00. The van der Waals surface area contributed by atoms with Crippen LogP contribution in [0.1, 0.15) is 24.1 Å². The zero-order valence-corrected chi connectivity index (χ0v) is 14.9. The van der Waals surface area contributed by atoms with E-state index in [1.807, 2.05) is 0 Å². The largest absolute Gasteiger partial charge is 0.360 e. The lowest BCUT2D eigenvalue weighted by molar-refractivity contribution is -0.115. The average Bonchev–Trinajstić information content (AvgIpc) is 3.23. The molecule has 134 valence electrons. The number of thioether (sulfide) groups is 1. The van der Waals surface area contributed by atoms with Gasteiger partial charge in [0.25, 0.3) is 0 Å². The first-order chi connectivity index (χ1) is 12.5. The number of carbonyl (C=O) groups excluding carboxylic acids is 1. The van der Waals surface area contributed by atoms with Crippen molar-refractivity contribution in [3.63, 3.8) is 0 Å². The maximum Gasteiger partial charge on any atom is 0.238 e. The first-order valence-corrected chi connectivity index (χ1v) is 8.64. The van der Waals surface area contributed by atoms with Gasteiger partial charge in [-0.3, -0.25) is 9.89 Å². The monoisotopic (exact) mass is 373 g/mol. The van der Waals surface area contributed by atoms with Gasteiger partial charge < -0.3 is 9.84 Å². The second-order valence-electron chi connectivity index (χ2n) is 5.46. The van der Waals surface area contributed by atoms with Gasteiger partial charge >= 0.3 is 0 Å². The summed E-state index contributed by atoms with van der Waals surface area (Å²) in [5.74, 6) is 1.02. The van der Waals surface area contributed by atoms with Crippen LogP contribution >= 0.6 is 11.8 Å². The first kappa shape index (κ1) is 17.9. The standard InChI is InChI=1S/C17H16FN5O2S/c1-10-9-15(23-25-10)19-16(24)11(2)26-17-20-14(21-22-17)8-5-12-3-6-13(18)7-4-12/h3-9,11H,1-2H3,(H,19,23,24)(H,20,21,22)/b8-5+. The lowest BCUT2D eigenvalue weighted by atomic mass is 10.2. The number of aryl methyl sites for hydroxylation is 1. The number of hydrogen-bond donors (Lipinski definition) is 2. The SMILES string of the molecule is Cc1cc(NC(=O)C(C)Sc2n[nH]c(/C=C/c3ccc(F)cc3)n2)no1. The molecule has 7 nitrogen and oxygen atoms in total. The van der Waals surface area contributed by atoms with Gasteiger partial charge in [-0.25, -0.2) is 9.37 Å². The maximum absolute atomic E-state index is 12.9. The van der Waals surface area contributed by atoms with Crippen molar-refractivity contribution in [3.8, 4) is 0 Å². The summed E-state index contributed by atoms with van der Waals surface area (Å²) in [6.07, 6.45) is 3.52. The minimum absolute atomic E-state index is 0.225. The van der Waals surface area contributed by atoms with Gasteiger partial charge in [-0.2, -0.15) is 0 Å². The number of H-pyrrole nitrogens is 1. The lowest BCUT2D eigenvalue weighted by Crippen LogP contribution is -2.22. The van der Waals surface area contributed by atoms with E-state index in [4.69, 9.17) is 4.52 Å². The highest BCUT2D eigenvalue weighted by atomic mass is 32.2. The number of carbonyl (C=O) groups is 1. The quantitative estimate of drug-likeness (QED) is 0.642. The van der Waals surface area contributed by atoms with E-state index in [-0.39, 0.29) is 11.7 Å². The predicted octanol–water partition coefficient (Wildman–Crippen LogP) is 3.53. The molecule has 0 saturated carbocycles. The van der Waals surface area contributed by atoms with Gasteiger partial charge in [0.05, 0.1) is 5.25 Å². The number of halogens is 1. The van der Waals surface area contributed by atoms with Crippen LogP contribution < -0.4 is 5.32 Å². The van der Waals surface area contributed by atoms with Crippen LogP contribution in [-0.2, 0) is 4.79 Å². The summed E-state index contributed by atoms with van der Waals surface area (Å²) in [5.41, 5.74) is 0.840. The predicted molar refractivity (Wildman–Crippen MR) is 96.9 cm³/mol. The van der Waals surface area contributed by atoms with Crippen LogP contribution in [0.25, 0.3) is 12.2 Å². The molecule has 1 unspecified atom stereocenters. The highest BCUT2D eigenvalue weighted by Crippen LogP contribution is 2.21. The van der Waals surface area contributed by atoms with E-state index in [2.05, 4.69) is 25.7 Å². The molecule has 0 aliphatic carbocycles. The minimum atomic E-state index is -0.420. The Morgan fingerprint density at radius 2 is 2.12 bits per heavy atom. The van der Waals surface area contributed by atoms with Crippen molar-refractivity contribution in [2.45, 2.75) is 24.3 Å². The van der Waals surface area contributed by atoms with E-state index in [1.54, 1.807) is 44.2 Å². The van der Waals surface area contributed by atoms with Gasteiger partial charge in [0, 0.05) is 6.07 Å². The summed E-state index contributed by atoms with van der Waals surface area (Å²) in [4.78, 5) is 16.4. The summed E-state index contributed by atoms with van der Waals surface area (Å²) >= 11 is 1.21. The Bertz CT molecular complexity index is 919. The van der Waals surface area contributed by atoms with Crippen molar-refractivity contribution in [2.24, 2.45) is 0 Å². The third-order valence-corrected chi connectivity index (χ3v) is 4.28. The molecule has 0 fully saturated rings. The molecule has 3 aromatic rings. The highest BCUT2D eigenvalue weighted by molar-refractivity contribution is 8.00. The lowest BCUT2D eigenvalue weighted by Gasteiger charge is -2.07. The highest BCUT2D eigenvalue weighted by Gasteiger charge is 2.18. The molecule has 0 radical (unpaired) electrons. The van der Waals surface area contributed by atoms with Crippen LogP contribution in [0.2, 0.25) is 0 Å². The van der Waals surface area contributed by atoms with Gasteiger partial charge in [0.1, 0.15) is 17.4 Å². The molecular formula is C17H16FN5O2S. The van der Waals surface area contributed by atoms with Gasteiger partial charge in [0.2, 0.25) is 11.1 Å². The van der Waals surface area contributed by atoms with E-state index >= 15 is 0 Å². The zero-order valence-electron chi connectivity index (χ0n) is 14.1. The van der Waals surface area contributed by atoms with Crippen molar-refractivity contribution in [2.75, 3.05) is 5.32 Å². The van der Waals surface area contributed by atoms with Crippen molar-refractivity contribution < 1.29 is 13.7 Å². The number of hydrogen-bond acceptors (Lipinski definition) is 6. The van der Waals surface area contributed by atoms with Crippen molar-refractivity contribution in [1.29, 1.82) is 0 Å². The molecule has 0 aliphatic heterocycles. The molecule has 0 spiro atoms. The van der Waals surface area contributed by atoms with Crippen LogP contribution in [0.4, 0.5) is 10.2 Å². The van der Waals surface area contributed by atoms with Gasteiger partial charge in [-0.1, -0.05) is 35.1 Å². The van der Waals surface area contributed by atoms with Crippen LogP contribution in [0, 0.1) is 12.7 Å². The second kappa shape index (κ2) is 7.96. The Morgan fingerprint density at radius 1 is 1.35 bits per heavy atom. The molecule has 26 heavy (non-hydrogen) atoms. The molecule has 1 amide bonds. The smallest absolute Gasteiger partial charge is 0.238 e. The van der Waals surface area contributed by atoms with Crippen LogP contribution in [0.5, 0.6) is 0 Å². The van der Waals surface area contributed by atoms with E-state index < -0.39 is 5.25 Å². The molecule has 2 aromatic heterocycles.